The van der Waals surface area contributed by atoms with Gasteiger partial charge < -0.3 is 39.7 Å². The number of carboxylic acid groups (broad SMARTS) is 2. The fraction of sp³-hybridized carbons (Fsp3) is 0.200. The Morgan fingerprint density at radius 2 is 0.867 bits per heavy atom. The number of hydrogen-bond donors (Lipinski definition) is 5. The molecule has 0 bridgehead atoms. The molecule has 14 nitrogen and oxygen atoms in total. The SMILES string of the molecule is CC(Oc1ccc(-c2nc(-c3ccc(OC(C)C(=O)O)cc3O)nc(-c3ccc(OC(C)C(=O)P)cc3O)n2)c(O)c1)C(=O)O. The fourth-order valence-corrected chi connectivity index (χ4v) is 3.90. The largest absolute Gasteiger partial charge is 0.507 e. The molecule has 4 rings (SSSR count). The molecule has 1 heterocycles. The second-order valence-corrected chi connectivity index (χ2v) is 10.3. The van der Waals surface area contributed by atoms with E-state index in [1.807, 2.05) is 9.24 Å². The van der Waals surface area contributed by atoms with Crippen LogP contribution in [0.3, 0.4) is 0 Å². The Hall–Kier alpha value is -5.49. The summed E-state index contributed by atoms with van der Waals surface area (Å²) in [4.78, 5) is 47.1. The molecule has 0 saturated heterocycles. The van der Waals surface area contributed by atoms with Crippen molar-refractivity contribution in [3.63, 3.8) is 0 Å². The number of carbonyl (C=O) groups is 3. The number of ether oxygens (including phenoxy) is 3. The monoisotopic (exact) mass is 637 g/mol. The zero-order valence-electron chi connectivity index (χ0n) is 24.0. The highest BCUT2D eigenvalue weighted by Gasteiger charge is 2.21. The molecule has 1 aromatic heterocycles. The summed E-state index contributed by atoms with van der Waals surface area (Å²) in [5.74, 6) is -3.39. The summed E-state index contributed by atoms with van der Waals surface area (Å²) in [7, 11) is 2.01. The Kier molecular flexibility index (Phi) is 9.68. The Balaban J connectivity index is 1.82. The van der Waals surface area contributed by atoms with Gasteiger partial charge in [-0.1, -0.05) is 9.24 Å². The number of aromatic hydroxyl groups is 3. The van der Waals surface area contributed by atoms with Crippen LogP contribution in [0.2, 0.25) is 0 Å². The third kappa shape index (κ3) is 7.73. The van der Waals surface area contributed by atoms with Gasteiger partial charge in [0.2, 0.25) is 0 Å². The molecule has 4 aromatic rings. The van der Waals surface area contributed by atoms with Crippen LogP contribution in [0.4, 0.5) is 0 Å². The third-order valence-electron chi connectivity index (χ3n) is 6.30. The van der Waals surface area contributed by atoms with Crippen LogP contribution in [-0.2, 0) is 14.4 Å². The molecule has 4 atom stereocenters. The van der Waals surface area contributed by atoms with E-state index in [0.717, 1.165) is 0 Å². The van der Waals surface area contributed by atoms with Gasteiger partial charge in [0.05, 0.1) is 16.7 Å². The smallest absolute Gasteiger partial charge is 0.344 e. The molecule has 4 unspecified atom stereocenters. The van der Waals surface area contributed by atoms with Crippen molar-refractivity contribution < 1.29 is 54.1 Å². The summed E-state index contributed by atoms with van der Waals surface area (Å²) in [6, 6.07) is 12.2. The lowest BCUT2D eigenvalue weighted by Crippen LogP contribution is -2.22. The molecule has 0 radical (unpaired) electrons. The van der Waals surface area contributed by atoms with Crippen LogP contribution >= 0.6 is 9.24 Å². The van der Waals surface area contributed by atoms with Gasteiger partial charge in [0, 0.05) is 18.2 Å². The van der Waals surface area contributed by atoms with Crippen LogP contribution in [-0.4, -0.2) is 76.3 Å². The molecular formula is C30H28N3O11P. The van der Waals surface area contributed by atoms with Gasteiger partial charge in [0.25, 0.3) is 0 Å². The number of phenolic OH excluding ortho intramolecular Hbond substituents is 3. The van der Waals surface area contributed by atoms with Crippen LogP contribution in [0.15, 0.2) is 54.6 Å². The number of phenols is 3. The number of aromatic nitrogens is 3. The van der Waals surface area contributed by atoms with E-state index in [1.54, 1.807) is 6.92 Å². The van der Waals surface area contributed by atoms with E-state index >= 15 is 0 Å². The lowest BCUT2D eigenvalue weighted by atomic mass is 10.1. The molecule has 0 saturated carbocycles. The average Bonchev–Trinajstić information content (AvgIpc) is 2.97. The summed E-state index contributed by atoms with van der Waals surface area (Å²) >= 11 is 0. The minimum Gasteiger partial charge on any atom is -0.507 e. The van der Waals surface area contributed by atoms with Crippen molar-refractivity contribution in [3.8, 4) is 68.7 Å². The van der Waals surface area contributed by atoms with Crippen LogP contribution in [0.5, 0.6) is 34.5 Å². The Morgan fingerprint density at radius 3 is 1.11 bits per heavy atom. The standard InChI is InChI=1S/C30H28N3O11P/c1-13(28(37)38)42-16-4-7-19(22(34)10-16)25-31-26(20-8-5-17(11-23(20)35)43-14(2)29(39)40)33-27(32-25)21-9-6-18(12-24(21)36)44-15(3)30(41)45/h4-15,34-36H,45H2,1-3H3,(H,37,38)(H,39,40). The predicted octanol–water partition coefficient (Wildman–Crippen LogP) is 3.86. The van der Waals surface area contributed by atoms with Crippen molar-refractivity contribution in [1.82, 2.24) is 15.0 Å². The average molecular weight is 638 g/mol. The fourth-order valence-electron chi connectivity index (χ4n) is 3.83. The van der Waals surface area contributed by atoms with E-state index in [9.17, 15) is 29.7 Å². The summed E-state index contributed by atoms with van der Waals surface area (Å²) < 4.78 is 16.1. The molecule has 0 aliphatic rings. The van der Waals surface area contributed by atoms with Crippen molar-refractivity contribution in [3.05, 3.63) is 54.6 Å². The number of carboxylic acids is 2. The lowest BCUT2D eigenvalue weighted by Gasteiger charge is -2.15. The lowest BCUT2D eigenvalue weighted by molar-refractivity contribution is -0.145. The predicted molar refractivity (Wildman–Crippen MR) is 161 cm³/mol. The minimum absolute atomic E-state index is 0.0656. The van der Waals surface area contributed by atoms with Gasteiger partial charge in [-0.3, -0.25) is 4.79 Å². The molecule has 3 aromatic carbocycles. The molecule has 15 heteroatoms. The van der Waals surface area contributed by atoms with E-state index in [0.29, 0.717) is 0 Å². The molecule has 0 aliphatic heterocycles. The van der Waals surface area contributed by atoms with Crippen LogP contribution in [0.25, 0.3) is 34.2 Å². The first-order chi connectivity index (χ1) is 21.2. The summed E-state index contributed by atoms with van der Waals surface area (Å²) in [6.45, 7) is 4.19. The normalized spacial score (nSPS) is 12.9. The summed E-state index contributed by atoms with van der Waals surface area (Å²) in [6.07, 6.45) is -3.17. The van der Waals surface area contributed by atoms with Gasteiger partial charge in [0.15, 0.2) is 41.3 Å². The maximum atomic E-state index is 11.6. The van der Waals surface area contributed by atoms with Crippen LogP contribution < -0.4 is 14.2 Å². The molecule has 0 aliphatic carbocycles. The van der Waals surface area contributed by atoms with Crippen LogP contribution in [0.1, 0.15) is 20.8 Å². The first kappa shape index (κ1) is 32.4. The topological polar surface area (TPSA) is 219 Å². The summed E-state index contributed by atoms with van der Waals surface area (Å²) in [5, 5.41) is 50.7. The highest BCUT2D eigenvalue weighted by atomic mass is 31.0. The number of carbonyl (C=O) groups excluding carboxylic acids is 1. The quantitative estimate of drug-likeness (QED) is 0.139. The number of nitrogens with zero attached hydrogens (tertiary/aromatic N) is 3. The molecule has 5 N–H and O–H groups in total. The van der Waals surface area contributed by atoms with Crippen molar-refractivity contribution in [2.24, 2.45) is 0 Å². The second kappa shape index (κ2) is 13.4. The summed E-state index contributed by atoms with van der Waals surface area (Å²) in [5.41, 5.74) is -0.0245. The molecule has 0 fully saturated rings. The van der Waals surface area contributed by atoms with Gasteiger partial charge in [-0.15, -0.1) is 0 Å². The Bertz CT molecular complexity index is 1570. The molecule has 0 amide bonds. The highest BCUT2D eigenvalue weighted by molar-refractivity contribution is 7.40. The first-order valence-electron chi connectivity index (χ1n) is 13.2. The maximum Gasteiger partial charge on any atom is 0.344 e. The molecular weight excluding hydrogens is 609 g/mol. The van der Waals surface area contributed by atoms with Gasteiger partial charge in [-0.05, 0) is 57.2 Å². The number of hydrogen-bond acceptors (Lipinski definition) is 12. The van der Waals surface area contributed by atoms with Crippen molar-refractivity contribution in [2.45, 2.75) is 39.1 Å². The van der Waals surface area contributed by atoms with E-state index < -0.39 is 30.3 Å². The second-order valence-electron chi connectivity index (χ2n) is 9.70. The Morgan fingerprint density at radius 1 is 0.578 bits per heavy atom. The van der Waals surface area contributed by atoms with E-state index in [4.69, 9.17) is 24.4 Å². The van der Waals surface area contributed by atoms with E-state index in [1.165, 1.54) is 68.4 Å². The number of aliphatic carboxylic acids is 2. The maximum absolute atomic E-state index is 11.6. The number of rotatable bonds is 12. The van der Waals surface area contributed by atoms with Gasteiger partial charge >= 0.3 is 11.9 Å². The van der Waals surface area contributed by atoms with Crippen molar-refractivity contribution >= 4 is 26.7 Å². The molecule has 0 spiro atoms. The van der Waals surface area contributed by atoms with Gasteiger partial charge in [0.1, 0.15) is 34.5 Å². The Labute approximate surface area is 258 Å². The zero-order valence-corrected chi connectivity index (χ0v) is 25.2. The van der Waals surface area contributed by atoms with Crippen molar-refractivity contribution in [1.29, 1.82) is 0 Å². The van der Waals surface area contributed by atoms with E-state index in [-0.39, 0.29) is 74.2 Å². The van der Waals surface area contributed by atoms with Crippen molar-refractivity contribution in [2.75, 3.05) is 0 Å². The highest BCUT2D eigenvalue weighted by Crippen LogP contribution is 2.38. The van der Waals surface area contributed by atoms with Gasteiger partial charge in [-0.2, -0.15) is 0 Å². The van der Waals surface area contributed by atoms with Gasteiger partial charge in [-0.25, -0.2) is 24.5 Å². The first-order valence-corrected chi connectivity index (χ1v) is 13.8. The molecule has 45 heavy (non-hydrogen) atoms. The zero-order chi connectivity index (χ0) is 33.0. The van der Waals surface area contributed by atoms with E-state index in [2.05, 4.69) is 15.0 Å². The molecule has 234 valence electrons. The van der Waals surface area contributed by atoms with Crippen LogP contribution in [0, 0.1) is 0 Å². The number of benzene rings is 3. The minimum atomic E-state index is -1.20. The third-order valence-corrected chi connectivity index (χ3v) is 6.77.